The van der Waals surface area contributed by atoms with E-state index in [-0.39, 0.29) is 11.5 Å². The Morgan fingerprint density at radius 1 is 0.818 bits per heavy atom. The second-order valence-electron chi connectivity index (χ2n) is 7.46. The lowest BCUT2D eigenvalue weighted by Gasteiger charge is -2.07. The number of rotatable bonds is 4. The molecule has 1 aliphatic rings. The van der Waals surface area contributed by atoms with Crippen molar-refractivity contribution >= 4 is 33.8 Å². The molecular formula is C28H17BrO4. The summed E-state index contributed by atoms with van der Waals surface area (Å²) in [5, 5.41) is 0. The molecule has 4 aromatic rings. The second-order valence-corrected chi connectivity index (χ2v) is 8.31. The summed E-state index contributed by atoms with van der Waals surface area (Å²) in [5.74, 6) is 0.189. The van der Waals surface area contributed by atoms with E-state index >= 15 is 0 Å². The summed E-state index contributed by atoms with van der Waals surface area (Å²) in [5.41, 5.74) is 3.92. The predicted octanol–water partition coefficient (Wildman–Crippen LogP) is 6.95. The molecule has 160 valence electrons. The molecule has 4 nitrogen and oxygen atoms in total. The molecule has 0 spiro atoms. The minimum absolute atomic E-state index is 0.208. The van der Waals surface area contributed by atoms with Crippen molar-refractivity contribution in [2.24, 2.45) is 0 Å². The Morgan fingerprint density at radius 2 is 1.52 bits per heavy atom. The molecule has 0 N–H and O–H groups in total. The second kappa shape index (κ2) is 8.88. The van der Waals surface area contributed by atoms with Crippen LogP contribution in [0.15, 0.2) is 107 Å². The van der Waals surface area contributed by atoms with Crippen LogP contribution in [0.1, 0.15) is 26.3 Å². The summed E-state index contributed by atoms with van der Waals surface area (Å²) in [6, 6.07) is 29.8. The predicted molar refractivity (Wildman–Crippen MR) is 130 cm³/mol. The standard InChI is InChI=1S/C28H17BrO4/c29-24-9-5-4-8-22(24)28(31)32-21-14-15-23-25(17-21)33-26(27(23)30)16-18-10-12-20(13-11-18)19-6-2-1-3-7-19/h1-17H. The number of fused-ring (bicyclic) bond motifs is 1. The Balaban J connectivity index is 1.34. The van der Waals surface area contributed by atoms with Crippen molar-refractivity contribution in [3.8, 4) is 22.6 Å². The summed E-state index contributed by atoms with van der Waals surface area (Å²) in [7, 11) is 0. The first-order valence-electron chi connectivity index (χ1n) is 10.3. The lowest BCUT2D eigenvalue weighted by molar-refractivity contribution is 0.0733. The number of hydrogen-bond donors (Lipinski definition) is 0. The Kier molecular flexibility index (Phi) is 5.63. The zero-order valence-electron chi connectivity index (χ0n) is 17.3. The van der Waals surface area contributed by atoms with Gasteiger partial charge < -0.3 is 9.47 Å². The summed E-state index contributed by atoms with van der Waals surface area (Å²) in [6.07, 6.45) is 1.71. The third-order valence-electron chi connectivity index (χ3n) is 5.26. The maximum absolute atomic E-state index is 12.8. The van der Waals surface area contributed by atoms with Gasteiger partial charge in [0.05, 0.1) is 11.1 Å². The maximum Gasteiger partial charge on any atom is 0.344 e. The van der Waals surface area contributed by atoms with Crippen LogP contribution < -0.4 is 9.47 Å². The highest BCUT2D eigenvalue weighted by Crippen LogP contribution is 2.35. The van der Waals surface area contributed by atoms with Crippen molar-refractivity contribution in [1.29, 1.82) is 0 Å². The van der Waals surface area contributed by atoms with E-state index in [4.69, 9.17) is 9.47 Å². The van der Waals surface area contributed by atoms with E-state index in [9.17, 15) is 9.59 Å². The fourth-order valence-electron chi connectivity index (χ4n) is 3.57. The van der Waals surface area contributed by atoms with Gasteiger partial charge in [0.25, 0.3) is 0 Å². The Bertz CT molecular complexity index is 1390. The number of carbonyl (C=O) groups excluding carboxylic acids is 2. The average molecular weight is 497 g/mol. The van der Waals surface area contributed by atoms with E-state index in [1.807, 2.05) is 48.5 Å². The number of halogens is 1. The molecule has 0 atom stereocenters. The number of hydrogen-bond acceptors (Lipinski definition) is 4. The molecule has 5 heteroatoms. The molecular weight excluding hydrogens is 480 g/mol. The van der Waals surface area contributed by atoms with Crippen LogP contribution in [0, 0.1) is 0 Å². The minimum Gasteiger partial charge on any atom is -0.452 e. The highest BCUT2D eigenvalue weighted by atomic mass is 79.9. The van der Waals surface area contributed by atoms with E-state index in [1.54, 1.807) is 42.5 Å². The maximum atomic E-state index is 12.8. The van der Waals surface area contributed by atoms with Crippen molar-refractivity contribution < 1.29 is 19.1 Å². The largest absolute Gasteiger partial charge is 0.452 e. The molecule has 1 aliphatic heterocycles. The van der Waals surface area contributed by atoms with Gasteiger partial charge in [0.1, 0.15) is 11.5 Å². The van der Waals surface area contributed by atoms with Gasteiger partial charge in [0.15, 0.2) is 5.76 Å². The third kappa shape index (κ3) is 4.36. The number of carbonyl (C=O) groups is 2. The molecule has 0 unspecified atom stereocenters. The lowest BCUT2D eigenvalue weighted by Crippen LogP contribution is -2.09. The zero-order valence-corrected chi connectivity index (χ0v) is 18.9. The number of ether oxygens (including phenoxy) is 2. The van der Waals surface area contributed by atoms with Crippen molar-refractivity contribution in [2.45, 2.75) is 0 Å². The summed E-state index contributed by atoms with van der Waals surface area (Å²) in [4.78, 5) is 25.2. The van der Waals surface area contributed by atoms with E-state index in [1.165, 1.54) is 0 Å². The van der Waals surface area contributed by atoms with Crippen LogP contribution in [0.3, 0.4) is 0 Å². The molecule has 0 saturated carbocycles. The molecule has 0 aromatic heterocycles. The van der Waals surface area contributed by atoms with Crippen LogP contribution in [0.4, 0.5) is 0 Å². The van der Waals surface area contributed by atoms with Crippen LogP contribution in [-0.2, 0) is 0 Å². The first kappa shape index (κ1) is 20.9. The summed E-state index contributed by atoms with van der Waals surface area (Å²) < 4.78 is 11.9. The SMILES string of the molecule is O=C(Oc1ccc2c(c1)OC(=Cc1ccc(-c3ccccc3)cc1)C2=O)c1ccccc1Br. The minimum atomic E-state index is -0.499. The number of Topliss-reactive ketones (excluding diaryl/α,β-unsaturated/α-hetero) is 1. The Morgan fingerprint density at radius 3 is 2.27 bits per heavy atom. The highest BCUT2D eigenvalue weighted by molar-refractivity contribution is 9.10. The molecule has 0 fully saturated rings. The van der Waals surface area contributed by atoms with Gasteiger partial charge in [0.2, 0.25) is 5.78 Å². The van der Waals surface area contributed by atoms with Gasteiger partial charge in [-0.15, -0.1) is 0 Å². The fraction of sp³-hybridized carbons (Fsp3) is 0. The molecule has 0 aliphatic carbocycles. The monoisotopic (exact) mass is 496 g/mol. The van der Waals surface area contributed by atoms with Gasteiger partial charge in [-0.05, 0) is 63.0 Å². The van der Waals surface area contributed by atoms with Crippen LogP contribution in [0.2, 0.25) is 0 Å². The van der Waals surface area contributed by atoms with Crippen LogP contribution in [0.5, 0.6) is 11.5 Å². The average Bonchev–Trinajstić information content (AvgIpc) is 3.14. The van der Waals surface area contributed by atoms with E-state index < -0.39 is 5.97 Å². The zero-order chi connectivity index (χ0) is 22.8. The van der Waals surface area contributed by atoms with Gasteiger partial charge in [-0.2, -0.15) is 0 Å². The third-order valence-corrected chi connectivity index (χ3v) is 5.95. The van der Waals surface area contributed by atoms with Crippen LogP contribution >= 0.6 is 15.9 Å². The van der Waals surface area contributed by atoms with Crippen LogP contribution in [0.25, 0.3) is 17.2 Å². The molecule has 5 rings (SSSR count). The summed E-state index contributed by atoms with van der Waals surface area (Å²) in [6.45, 7) is 0. The van der Waals surface area contributed by atoms with Crippen molar-refractivity contribution in [1.82, 2.24) is 0 Å². The first-order chi connectivity index (χ1) is 16.1. The van der Waals surface area contributed by atoms with Crippen molar-refractivity contribution in [2.75, 3.05) is 0 Å². The normalized spacial score (nSPS) is 13.5. The van der Waals surface area contributed by atoms with Gasteiger partial charge in [0, 0.05) is 10.5 Å². The number of allylic oxidation sites excluding steroid dienone is 1. The van der Waals surface area contributed by atoms with Gasteiger partial charge in [-0.1, -0.05) is 66.7 Å². The van der Waals surface area contributed by atoms with Crippen molar-refractivity contribution in [3.05, 3.63) is 124 Å². The van der Waals surface area contributed by atoms with E-state index in [2.05, 4.69) is 28.1 Å². The molecule has 33 heavy (non-hydrogen) atoms. The molecule has 0 radical (unpaired) electrons. The van der Waals surface area contributed by atoms with Gasteiger partial charge in [-0.25, -0.2) is 4.79 Å². The lowest BCUT2D eigenvalue weighted by atomic mass is 10.0. The highest BCUT2D eigenvalue weighted by Gasteiger charge is 2.28. The van der Waals surface area contributed by atoms with Crippen LogP contribution in [-0.4, -0.2) is 11.8 Å². The Labute approximate surface area is 199 Å². The summed E-state index contributed by atoms with van der Waals surface area (Å²) >= 11 is 3.35. The number of benzene rings is 4. The first-order valence-corrected chi connectivity index (χ1v) is 11.1. The van der Waals surface area contributed by atoms with Gasteiger partial charge in [-0.3, -0.25) is 4.79 Å². The van der Waals surface area contributed by atoms with Crippen molar-refractivity contribution in [3.63, 3.8) is 0 Å². The molecule has 0 bridgehead atoms. The fourth-order valence-corrected chi connectivity index (χ4v) is 4.02. The smallest absolute Gasteiger partial charge is 0.344 e. The number of ketones is 1. The molecule has 0 amide bonds. The van der Waals surface area contributed by atoms with Gasteiger partial charge >= 0.3 is 5.97 Å². The molecule has 1 heterocycles. The Hall–Kier alpha value is -3.96. The molecule has 0 saturated heterocycles. The quantitative estimate of drug-likeness (QED) is 0.174. The topological polar surface area (TPSA) is 52.6 Å². The van der Waals surface area contributed by atoms with E-state index in [0.29, 0.717) is 27.1 Å². The van der Waals surface area contributed by atoms with E-state index in [0.717, 1.165) is 16.7 Å². The molecule has 4 aromatic carbocycles. The number of esters is 1.